The van der Waals surface area contributed by atoms with Crippen molar-refractivity contribution >= 4 is 11.6 Å². The zero-order valence-corrected chi connectivity index (χ0v) is 11.9. The summed E-state index contributed by atoms with van der Waals surface area (Å²) in [7, 11) is 0. The molecular formula is C14H21ClFNO. The molecule has 0 aromatic heterocycles. The Morgan fingerprint density at radius 3 is 2.61 bits per heavy atom. The molecule has 1 aromatic rings. The zero-order valence-electron chi connectivity index (χ0n) is 11.2. The van der Waals surface area contributed by atoms with Crippen LogP contribution in [0.15, 0.2) is 18.2 Å². The van der Waals surface area contributed by atoms with Gasteiger partial charge in [-0.1, -0.05) is 24.6 Å². The van der Waals surface area contributed by atoms with E-state index < -0.39 is 0 Å². The first-order chi connectivity index (χ1) is 8.42. The van der Waals surface area contributed by atoms with Crippen LogP contribution in [0.2, 0.25) is 5.02 Å². The highest BCUT2D eigenvalue weighted by Gasteiger charge is 2.30. The summed E-state index contributed by atoms with van der Waals surface area (Å²) in [4.78, 5) is 0. The van der Waals surface area contributed by atoms with Crippen LogP contribution in [0.4, 0.5) is 4.39 Å². The molecule has 2 unspecified atom stereocenters. The Bertz CT molecular complexity index is 399. The molecule has 0 aliphatic carbocycles. The lowest BCUT2D eigenvalue weighted by atomic mass is 9.89. The van der Waals surface area contributed by atoms with Crippen molar-refractivity contribution in [3.63, 3.8) is 0 Å². The van der Waals surface area contributed by atoms with Gasteiger partial charge in [-0.15, -0.1) is 0 Å². The fourth-order valence-electron chi connectivity index (χ4n) is 1.94. The Labute approximate surface area is 113 Å². The van der Waals surface area contributed by atoms with Crippen molar-refractivity contribution in [2.45, 2.75) is 45.3 Å². The van der Waals surface area contributed by atoms with E-state index >= 15 is 0 Å². The van der Waals surface area contributed by atoms with Gasteiger partial charge in [0, 0.05) is 17.7 Å². The summed E-state index contributed by atoms with van der Waals surface area (Å²) in [6.45, 7) is 6.61. The van der Waals surface area contributed by atoms with E-state index in [4.69, 9.17) is 22.1 Å². The van der Waals surface area contributed by atoms with Crippen molar-refractivity contribution in [1.29, 1.82) is 0 Å². The molecule has 18 heavy (non-hydrogen) atoms. The minimum absolute atomic E-state index is 0.176. The lowest BCUT2D eigenvalue weighted by Gasteiger charge is -2.34. The molecule has 0 spiro atoms. The molecule has 1 aromatic carbocycles. The maximum atomic E-state index is 13.0. The molecule has 0 radical (unpaired) electrons. The van der Waals surface area contributed by atoms with Gasteiger partial charge in [-0.05, 0) is 44.4 Å². The number of halogens is 2. The van der Waals surface area contributed by atoms with Crippen LogP contribution >= 0.6 is 11.6 Å². The van der Waals surface area contributed by atoms with E-state index in [1.165, 1.54) is 12.1 Å². The zero-order chi connectivity index (χ0) is 13.8. The molecule has 0 bridgehead atoms. The van der Waals surface area contributed by atoms with Gasteiger partial charge >= 0.3 is 0 Å². The van der Waals surface area contributed by atoms with Gasteiger partial charge in [-0.2, -0.15) is 0 Å². The van der Waals surface area contributed by atoms with Crippen molar-refractivity contribution in [3.05, 3.63) is 34.6 Å². The number of ether oxygens (including phenoxy) is 1. The van der Waals surface area contributed by atoms with Gasteiger partial charge in [0.05, 0.1) is 5.60 Å². The monoisotopic (exact) mass is 273 g/mol. The average molecular weight is 274 g/mol. The summed E-state index contributed by atoms with van der Waals surface area (Å²) in [5.41, 5.74) is 6.68. The van der Waals surface area contributed by atoms with E-state index in [2.05, 4.69) is 0 Å². The lowest BCUT2D eigenvalue weighted by molar-refractivity contribution is -0.0461. The summed E-state index contributed by atoms with van der Waals surface area (Å²) in [6.07, 6.45) is 1.39. The highest BCUT2D eigenvalue weighted by molar-refractivity contribution is 6.31. The summed E-state index contributed by atoms with van der Waals surface area (Å²) in [5.74, 6) is -0.333. The van der Waals surface area contributed by atoms with Gasteiger partial charge in [-0.25, -0.2) is 4.39 Å². The van der Waals surface area contributed by atoms with Crippen molar-refractivity contribution < 1.29 is 9.13 Å². The van der Waals surface area contributed by atoms with Crippen molar-refractivity contribution in [2.75, 3.05) is 6.61 Å². The van der Waals surface area contributed by atoms with E-state index in [0.717, 1.165) is 12.0 Å². The van der Waals surface area contributed by atoms with E-state index in [9.17, 15) is 4.39 Å². The molecule has 2 nitrogen and oxygen atoms in total. The van der Waals surface area contributed by atoms with E-state index in [0.29, 0.717) is 18.1 Å². The molecule has 2 atom stereocenters. The molecule has 102 valence electrons. The van der Waals surface area contributed by atoms with E-state index in [1.54, 1.807) is 6.07 Å². The van der Waals surface area contributed by atoms with Crippen LogP contribution < -0.4 is 5.73 Å². The fourth-order valence-corrected chi connectivity index (χ4v) is 2.19. The molecule has 0 saturated heterocycles. The SMILES string of the molecule is CCOC(C)(CC)C(N)Cc1ccc(F)cc1Cl. The largest absolute Gasteiger partial charge is 0.374 e. The highest BCUT2D eigenvalue weighted by atomic mass is 35.5. The number of rotatable bonds is 6. The number of benzene rings is 1. The Hall–Kier alpha value is -0.640. The van der Waals surface area contributed by atoms with E-state index in [1.807, 2.05) is 20.8 Å². The van der Waals surface area contributed by atoms with Crippen LogP contribution in [0, 0.1) is 5.82 Å². The van der Waals surface area contributed by atoms with Gasteiger partial charge < -0.3 is 10.5 Å². The molecule has 0 heterocycles. The number of hydrogen-bond donors (Lipinski definition) is 1. The van der Waals surface area contributed by atoms with Crippen LogP contribution in [0.1, 0.15) is 32.8 Å². The molecule has 0 aliphatic rings. The molecule has 0 amide bonds. The second-order valence-electron chi connectivity index (χ2n) is 4.65. The summed E-state index contributed by atoms with van der Waals surface area (Å²) >= 11 is 6.01. The first kappa shape index (κ1) is 15.4. The maximum Gasteiger partial charge on any atom is 0.124 e. The maximum absolute atomic E-state index is 13.0. The van der Waals surface area contributed by atoms with Crippen LogP contribution in [0.25, 0.3) is 0 Å². The van der Waals surface area contributed by atoms with Crippen molar-refractivity contribution in [2.24, 2.45) is 5.73 Å². The predicted molar refractivity (Wildman–Crippen MR) is 73.4 cm³/mol. The highest BCUT2D eigenvalue weighted by Crippen LogP contribution is 2.25. The molecule has 0 aliphatic heterocycles. The minimum Gasteiger partial charge on any atom is -0.374 e. The molecule has 2 N–H and O–H groups in total. The third-order valence-corrected chi connectivity index (χ3v) is 3.77. The third-order valence-electron chi connectivity index (χ3n) is 3.42. The molecule has 4 heteroatoms. The normalized spacial score (nSPS) is 16.3. The van der Waals surface area contributed by atoms with Gasteiger partial charge in [0.1, 0.15) is 5.82 Å². The summed E-state index contributed by atoms with van der Waals surface area (Å²) < 4.78 is 18.7. The summed E-state index contributed by atoms with van der Waals surface area (Å²) in [6, 6.07) is 4.22. The smallest absolute Gasteiger partial charge is 0.124 e. The topological polar surface area (TPSA) is 35.2 Å². The van der Waals surface area contributed by atoms with Gasteiger partial charge in [0.2, 0.25) is 0 Å². The van der Waals surface area contributed by atoms with Crippen molar-refractivity contribution in [3.8, 4) is 0 Å². The Morgan fingerprint density at radius 2 is 2.11 bits per heavy atom. The molecule has 0 saturated carbocycles. The van der Waals surface area contributed by atoms with Crippen LogP contribution in [0.5, 0.6) is 0 Å². The molecule has 1 rings (SSSR count). The minimum atomic E-state index is -0.382. The van der Waals surface area contributed by atoms with Gasteiger partial charge in [-0.3, -0.25) is 0 Å². The van der Waals surface area contributed by atoms with Crippen LogP contribution in [-0.2, 0) is 11.2 Å². The summed E-state index contributed by atoms with van der Waals surface area (Å²) in [5, 5.41) is 0.417. The fraction of sp³-hybridized carbons (Fsp3) is 0.571. The number of hydrogen-bond acceptors (Lipinski definition) is 2. The quantitative estimate of drug-likeness (QED) is 0.860. The van der Waals surface area contributed by atoms with Crippen LogP contribution in [-0.4, -0.2) is 18.2 Å². The Morgan fingerprint density at radius 1 is 1.44 bits per heavy atom. The number of nitrogens with two attached hydrogens (primary N) is 1. The standard InChI is InChI=1S/C14H21ClFNO/c1-4-14(3,18-5-2)13(17)8-10-6-7-11(16)9-12(10)15/h6-7,9,13H,4-5,8,17H2,1-3H3. The Kier molecular flexibility index (Phi) is 5.57. The first-order valence-electron chi connectivity index (χ1n) is 6.26. The Balaban J connectivity index is 2.82. The van der Waals surface area contributed by atoms with Gasteiger partial charge in [0.15, 0.2) is 0 Å². The third kappa shape index (κ3) is 3.67. The second kappa shape index (κ2) is 6.50. The van der Waals surface area contributed by atoms with Gasteiger partial charge in [0.25, 0.3) is 0 Å². The van der Waals surface area contributed by atoms with Crippen LogP contribution in [0.3, 0.4) is 0 Å². The molecule has 0 fully saturated rings. The van der Waals surface area contributed by atoms with Crippen molar-refractivity contribution in [1.82, 2.24) is 0 Å². The second-order valence-corrected chi connectivity index (χ2v) is 5.05. The molecular weight excluding hydrogens is 253 g/mol. The predicted octanol–water partition coefficient (Wildman–Crippen LogP) is 3.55. The lowest BCUT2D eigenvalue weighted by Crippen LogP contribution is -2.48. The first-order valence-corrected chi connectivity index (χ1v) is 6.64. The van der Waals surface area contributed by atoms with E-state index in [-0.39, 0.29) is 17.5 Å². The average Bonchev–Trinajstić information content (AvgIpc) is 2.32.